The van der Waals surface area contributed by atoms with Crippen LogP contribution in [0.4, 0.5) is 0 Å². The molecule has 0 bridgehead atoms. The number of carbonyl (C=O) groups is 1. The van der Waals surface area contributed by atoms with Crippen LogP contribution in [-0.4, -0.2) is 33.7 Å². The number of carboxylic acid groups (broad SMARTS) is 1. The minimum absolute atomic E-state index is 0.167. The van der Waals surface area contributed by atoms with Gasteiger partial charge in [-0.05, 0) is 0 Å². The first kappa shape index (κ1) is 10.7. The van der Waals surface area contributed by atoms with E-state index in [1.54, 1.807) is 6.20 Å². The summed E-state index contributed by atoms with van der Waals surface area (Å²) >= 11 is 0. The lowest BCUT2D eigenvalue weighted by Gasteiger charge is -2.02. The number of aryl methyl sites for hydroxylation is 1. The summed E-state index contributed by atoms with van der Waals surface area (Å²) in [7, 11) is 1.94. The molecule has 1 rings (SSSR count). The van der Waals surface area contributed by atoms with Crippen LogP contribution >= 0.6 is 0 Å². The molecular formula is C9H15N3O2. The monoisotopic (exact) mass is 197 g/mol. The lowest BCUT2D eigenvalue weighted by molar-refractivity contribution is -0.136. The normalized spacial score (nSPS) is 10.4. The molecule has 0 amide bonds. The molecule has 0 fully saturated rings. The standard InChI is InChI=1S/C9H15N3O2/c1-12-7-6-11-8(12)2-4-10-5-3-9(13)14/h6-7,10H,2-5H2,1H3,(H,13,14). The fourth-order valence-corrected chi connectivity index (χ4v) is 1.16. The van der Waals surface area contributed by atoms with Crippen LogP contribution in [0, 0.1) is 0 Å². The van der Waals surface area contributed by atoms with Crippen LogP contribution in [-0.2, 0) is 18.3 Å². The maximum Gasteiger partial charge on any atom is 0.304 e. The summed E-state index contributed by atoms with van der Waals surface area (Å²) in [6.45, 7) is 1.28. The molecule has 0 aromatic carbocycles. The molecule has 78 valence electrons. The fraction of sp³-hybridized carbons (Fsp3) is 0.556. The number of aromatic nitrogens is 2. The minimum atomic E-state index is -0.769. The second kappa shape index (κ2) is 5.39. The maximum atomic E-state index is 10.2. The van der Waals surface area contributed by atoms with Gasteiger partial charge >= 0.3 is 5.97 Å². The highest BCUT2D eigenvalue weighted by Crippen LogP contribution is 1.93. The molecule has 0 aliphatic heterocycles. The average molecular weight is 197 g/mol. The lowest BCUT2D eigenvalue weighted by atomic mass is 10.3. The first-order chi connectivity index (χ1) is 6.70. The van der Waals surface area contributed by atoms with Crippen molar-refractivity contribution in [2.24, 2.45) is 7.05 Å². The van der Waals surface area contributed by atoms with Crippen LogP contribution < -0.4 is 5.32 Å². The van der Waals surface area contributed by atoms with Crippen LogP contribution in [0.5, 0.6) is 0 Å². The van der Waals surface area contributed by atoms with Gasteiger partial charge in [0, 0.05) is 39.0 Å². The maximum absolute atomic E-state index is 10.2. The lowest BCUT2D eigenvalue weighted by Crippen LogP contribution is -2.21. The molecule has 1 aromatic rings. The molecule has 14 heavy (non-hydrogen) atoms. The number of hydrogen-bond donors (Lipinski definition) is 2. The Labute approximate surface area is 82.8 Å². The largest absolute Gasteiger partial charge is 0.481 e. The topological polar surface area (TPSA) is 67.2 Å². The molecule has 1 aromatic heterocycles. The van der Waals surface area contributed by atoms with Gasteiger partial charge < -0.3 is 15.0 Å². The molecule has 0 aliphatic rings. The summed E-state index contributed by atoms with van der Waals surface area (Å²) in [5, 5.41) is 11.4. The van der Waals surface area contributed by atoms with E-state index < -0.39 is 5.97 Å². The van der Waals surface area contributed by atoms with Crippen molar-refractivity contribution >= 4 is 5.97 Å². The van der Waals surface area contributed by atoms with Crippen molar-refractivity contribution in [2.45, 2.75) is 12.8 Å². The number of rotatable bonds is 6. The van der Waals surface area contributed by atoms with Gasteiger partial charge in [-0.15, -0.1) is 0 Å². The van der Waals surface area contributed by atoms with Gasteiger partial charge in [0.05, 0.1) is 6.42 Å². The van der Waals surface area contributed by atoms with Crippen molar-refractivity contribution in [1.82, 2.24) is 14.9 Å². The van der Waals surface area contributed by atoms with E-state index >= 15 is 0 Å². The third kappa shape index (κ3) is 3.57. The highest BCUT2D eigenvalue weighted by Gasteiger charge is 1.99. The van der Waals surface area contributed by atoms with E-state index in [-0.39, 0.29) is 6.42 Å². The van der Waals surface area contributed by atoms with Crippen molar-refractivity contribution in [3.05, 3.63) is 18.2 Å². The number of nitrogens with zero attached hydrogens (tertiary/aromatic N) is 2. The summed E-state index contributed by atoms with van der Waals surface area (Å²) in [6.07, 6.45) is 4.64. The summed E-state index contributed by atoms with van der Waals surface area (Å²) in [6, 6.07) is 0. The SMILES string of the molecule is Cn1ccnc1CCNCCC(=O)O. The van der Waals surface area contributed by atoms with Crippen LogP contribution in [0.25, 0.3) is 0 Å². The highest BCUT2D eigenvalue weighted by molar-refractivity contribution is 5.66. The van der Waals surface area contributed by atoms with Gasteiger partial charge in [-0.1, -0.05) is 0 Å². The van der Waals surface area contributed by atoms with Gasteiger partial charge in [0.1, 0.15) is 5.82 Å². The number of nitrogens with one attached hydrogen (secondary N) is 1. The van der Waals surface area contributed by atoms with Gasteiger partial charge in [0.2, 0.25) is 0 Å². The van der Waals surface area contributed by atoms with E-state index in [2.05, 4.69) is 10.3 Å². The van der Waals surface area contributed by atoms with E-state index in [4.69, 9.17) is 5.11 Å². The summed E-state index contributed by atoms with van der Waals surface area (Å²) in [5.74, 6) is 0.238. The van der Waals surface area contributed by atoms with E-state index in [0.29, 0.717) is 6.54 Å². The van der Waals surface area contributed by atoms with Gasteiger partial charge in [0.15, 0.2) is 0 Å². The van der Waals surface area contributed by atoms with E-state index in [9.17, 15) is 4.79 Å². The Hall–Kier alpha value is -1.36. The molecule has 0 spiro atoms. The van der Waals surface area contributed by atoms with Crippen molar-refractivity contribution in [3.8, 4) is 0 Å². The Morgan fingerprint density at radius 3 is 3.00 bits per heavy atom. The molecule has 0 saturated carbocycles. The van der Waals surface area contributed by atoms with E-state index in [1.807, 2.05) is 17.8 Å². The molecular weight excluding hydrogens is 182 g/mol. The van der Waals surface area contributed by atoms with Crippen LogP contribution in [0.3, 0.4) is 0 Å². The van der Waals surface area contributed by atoms with Crippen LogP contribution in [0.15, 0.2) is 12.4 Å². The molecule has 0 aliphatic carbocycles. The van der Waals surface area contributed by atoms with Crippen LogP contribution in [0.1, 0.15) is 12.2 Å². The molecule has 1 heterocycles. The second-order valence-electron chi connectivity index (χ2n) is 3.10. The Balaban J connectivity index is 2.10. The van der Waals surface area contributed by atoms with Crippen molar-refractivity contribution in [3.63, 3.8) is 0 Å². The van der Waals surface area contributed by atoms with Gasteiger partial charge in [-0.2, -0.15) is 0 Å². The van der Waals surface area contributed by atoms with Gasteiger partial charge in [-0.25, -0.2) is 4.98 Å². The zero-order chi connectivity index (χ0) is 10.4. The Bertz CT molecular complexity index is 296. The van der Waals surface area contributed by atoms with Crippen molar-refractivity contribution in [2.75, 3.05) is 13.1 Å². The Morgan fingerprint density at radius 2 is 2.43 bits per heavy atom. The molecule has 5 nitrogen and oxygen atoms in total. The number of carboxylic acids is 1. The van der Waals surface area contributed by atoms with Crippen molar-refractivity contribution < 1.29 is 9.90 Å². The number of aliphatic carboxylic acids is 1. The van der Waals surface area contributed by atoms with Crippen molar-refractivity contribution in [1.29, 1.82) is 0 Å². The summed E-state index contributed by atoms with van der Waals surface area (Å²) < 4.78 is 1.96. The predicted molar refractivity (Wildman–Crippen MR) is 52.0 cm³/mol. The second-order valence-corrected chi connectivity index (χ2v) is 3.10. The summed E-state index contributed by atoms with van der Waals surface area (Å²) in [4.78, 5) is 14.3. The molecule has 0 atom stereocenters. The zero-order valence-electron chi connectivity index (χ0n) is 8.23. The molecule has 0 radical (unpaired) electrons. The van der Waals surface area contributed by atoms with E-state index in [0.717, 1.165) is 18.8 Å². The van der Waals surface area contributed by atoms with Gasteiger partial charge in [0.25, 0.3) is 0 Å². The highest BCUT2D eigenvalue weighted by atomic mass is 16.4. The minimum Gasteiger partial charge on any atom is -0.481 e. The zero-order valence-corrected chi connectivity index (χ0v) is 8.23. The van der Waals surface area contributed by atoms with Gasteiger partial charge in [-0.3, -0.25) is 4.79 Å². The first-order valence-corrected chi connectivity index (χ1v) is 4.59. The number of hydrogen-bond acceptors (Lipinski definition) is 3. The smallest absolute Gasteiger partial charge is 0.304 e. The fourth-order valence-electron chi connectivity index (χ4n) is 1.16. The third-order valence-electron chi connectivity index (χ3n) is 1.96. The van der Waals surface area contributed by atoms with Crippen LogP contribution in [0.2, 0.25) is 0 Å². The number of imidazole rings is 1. The Kier molecular flexibility index (Phi) is 4.12. The third-order valence-corrected chi connectivity index (χ3v) is 1.96. The molecule has 2 N–H and O–H groups in total. The average Bonchev–Trinajstić information content (AvgIpc) is 2.51. The molecule has 0 saturated heterocycles. The first-order valence-electron chi connectivity index (χ1n) is 4.59. The quantitative estimate of drug-likeness (QED) is 0.631. The summed E-state index contributed by atoms with van der Waals surface area (Å²) in [5.41, 5.74) is 0. The molecule has 5 heteroatoms. The predicted octanol–water partition coefficient (Wildman–Crippen LogP) is 0.0269. The van der Waals surface area contributed by atoms with E-state index in [1.165, 1.54) is 0 Å². The Morgan fingerprint density at radius 1 is 1.64 bits per heavy atom. The molecule has 0 unspecified atom stereocenters.